The first-order valence-electron chi connectivity index (χ1n) is 8.67. The predicted octanol–water partition coefficient (Wildman–Crippen LogP) is 3.86. The average molecular weight is 371 g/mol. The van der Waals surface area contributed by atoms with Gasteiger partial charge in [0.05, 0.1) is 5.69 Å². The Morgan fingerprint density at radius 1 is 1.00 bits per heavy atom. The number of likely N-dealkylation sites (tertiary alicyclic amines) is 1. The fourth-order valence-electron chi connectivity index (χ4n) is 3.61. The molecule has 2 saturated heterocycles. The Morgan fingerprint density at radius 2 is 1.73 bits per heavy atom. The molecule has 0 aromatic heterocycles. The monoisotopic (exact) mass is 370 g/mol. The van der Waals surface area contributed by atoms with E-state index >= 15 is 0 Å². The lowest BCUT2D eigenvalue weighted by Gasteiger charge is -2.36. The number of imide groups is 1. The summed E-state index contributed by atoms with van der Waals surface area (Å²) in [5.74, 6) is -0.288. The van der Waals surface area contributed by atoms with Gasteiger partial charge in [0.1, 0.15) is 0 Å². The van der Waals surface area contributed by atoms with Gasteiger partial charge in [-0.1, -0.05) is 48.0 Å². The molecule has 0 aliphatic carbocycles. The smallest absolute Gasteiger partial charge is 0.422 e. The molecule has 2 amide bonds. The zero-order valence-corrected chi connectivity index (χ0v) is 15.0. The minimum atomic E-state index is -1.05. The third-order valence-corrected chi connectivity index (χ3v) is 5.27. The van der Waals surface area contributed by atoms with E-state index in [1.165, 1.54) is 5.56 Å². The highest BCUT2D eigenvalue weighted by atomic mass is 35.5. The largest absolute Gasteiger partial charge is 0.432 e. The van der Waals surface area contributed by atoms with E-state index in [0.717, 1.165) is 11.4 Å². The number of anilines is 1. The first-order chi connectivity index (χ1) is 12.6. The summed E-state index contributed by atoms with van der Waals surface area (Å²) < 4.78 is 5.58. The van der Waals surface area contributed by atoms with E-state index in [9.17, 15) is 9.59 Å². The van der Waals surface area contributed by atoms with E-state index in [4.69, 9.17) is 16.3 Å². The zero-order chi connectivity index (χ0) is 18.1. The van der Waals surface area contributed by atoms with Crippen molar-refractivity contribution in [2.24, 2.45) is 0 Å². The van der Waals surface area contributed by atoms with Crippen LogP contribution in [-0.2, 0) is 16.1 Å². The number of hydrogen-bond acceptors (Lipinski definition) is 4. The average Bonchev–Trinajstić information content (AvgIpc) is 2.88. The van der Waals surface area contributed by atoms with Crippen LogP contribution in [0, 0.1) is 0 Å². The number of hydrogen-bond donors (Lipinski definition) is 0. The SMILES string of the molecule is O=C1OC2(CCN(Cc3ccccc3)CC2)C(=O)N1c1cccc(Cl)c1. The molecule has 0 bridgehead atoms. The Bertz CT molecular complexity index is 832. The Labute approximate surface area is 157 Å². The normalized spacial score (nSPS) is 19.8. The summed E-state index contributed by atoms with van der Waals surface area (Å²) in [5.41, 5.74) is 0.641. The van der Waals surface area contributed by atoms with Gasteiger partial charge in [0.15, 0.2) is 5.60 Å². The van der Waals surface area contributed by atoms with E-state index < -0.39 is 11.7 Å². The minimum Gasteiger partial charge on any atom is -0.432 e. The number of nitrogens with zero attached hydrogens (tertiary/aromatic N) is 2. The number of amides is 2. The molecule has 0 N–H and O–H groups in total. The van der Waals surface area contributed by atoms with Crippen molar-refractivity contribution < 1.29 is 14.3 Å². The highest BCUT2D eigenvalue weighted by Crippen LogP contribution is 2.37. The second-order valence-electron chi connectivity index (χ2n) is 6.74. The quantitative estimate of drug-likeness (QED) is 0.823. The number of carbonyl (C=O) groups excluding carboxylic acids is 2. The summed E-state index contributed by atoms with van der Waals surface area (Å²) in [4.78, 5) is 28.7. The predicted molar refractivity (Wildman–Crippen MR) is 99.1 cm³/mol. The number of carbonyl (C=O) groups is 2. The van der Waals surface area contributed by atoms with Crippen LogP contribution >= 0.6 is 11.6 Å². The van der Waals surface area contributed by atoms with Gasteiger partial charge < -0.3 is 4.74 Å². The molecule has 2 aromatic carbocycles. The Balaban J connectivity index is 1.47. The molecule has 2 aliphatic rings. The van der Waals surface area contributed by atoms with Crippen molar-refractivity contribution in [1.29, 1.82) is 0 Å². The Morgan fingerprint density at radius 3 is 2.42 bits per heavy atom. The van der Waals surface area contributed by atoms with Crippen LogP contribution in [-0.4, -0.2) is 35.6 Å². The van der Waals surface area contributed by atoms with Crippen molar-refractivity contribution in [1.82, 2.24) is 4.90 Å². The molecule has 5 nitrogen and oxygen atoms in total. The third kappa shape index (κ3) is 3.08. The highest BCUT2D eigenvalue weighted by Gasteiger charge is 2.55. The lowest BCUT2D eigenvalue weighted by atomic mass is 9.90. The number of benzene rings is 2. The van der Waals surface area contributed by atoms with E-state index in [1.54, 1.807) is 24.3 Å². The van der Waals surface area contributed by atoms with Gasteiger partial charge in [-0.2, -0.15) is 0 Å². The number of rotatable bonds is 3. The first-order valence-corrected chi connectivity index (χ1v) is 9.05. The van der Waals surface area contributed by atoms with Crippen molar-refractivity contribution in [2.75, 3.05) is 18.0 Å². The van der Waals surface area contributed by atoms with Gasteiger partial charge in [0.25, 0.3) is 5.91 Å². The van der Waals surface area contributed by atoms with Gasteiger partial charge in [-0.15, -0.1) is 0 Å². The topological polar surface area (TPSA) is 49.9 Å². The Hall–Kier alpha value is -2.37. The molecule has 2 aliphatic heterocycles. The van der Waals surface area contributed by atoms with Crippen LogP contribution in [0.15, 0.2) is 54.6 Å². The van der Waals surface area contributed by atoms with Crippen molar-refractivity contribution in [3.8, 4) is 0 Å². The molecule has 0 radical (unpaired) electrons. The maximum atomic E-state index is 13.0. The number of halogens is 1. The standard InChI is InChI=1S/C20H19ClN2O3/c21-16-7-4-8-17(13-16)23-18(24)20(26-19(23)25)9-11-22(12-10-20)14-15-5-2-1-3-6-15/h1-8,13H,9-12,14H2. The summed E-state index contributed by atoms with van der Waals surface area (Å²) in [5, 5.41) is 0.474. The molecule has 2 fully saturated rings. The van der Waals surface area contributed by atoms with E-state index in [-0.39, 0.29) is 5.91 Å². The van der Waals surface area contributed by atoms with Gasteiger partial charge in [0, 0.05) is 37.5 Å². The second-order valence-corrected chi connectivity index (χ2v) is 7.18. The summed E-state index contributed by atoms with van der Waals surface area (Å²) in [6, 6.07) is 16.9. The first kappa shape index (κ1) is 17.1. The molecule has 6 heteroatoms. The Kier molecular flexibility index (Phi) is 4.42. The van der Waals surface area contributed by atoms with Crippen LogP contribution in [0.4, 0.5) is 10.5 Å². The summed E-state index contributed by atoms with van der Waals surface area (Å²) in [6.45, 7) is 2.24. The van der Waals surface area contributed by atoms with Crippen LogP contribution in [0.1, 0.15) is 18.4 Å². The lowest BCUT2D eigenvalue weighted by Crippen LogP contribution is -2.49. The fourth-order valence-corrected chi connectivity index (χ4v) is 3.80. The van der Waals surface area contributed by atoms with E-state index in [0.29, 0.717) is 36.6 Å². The molecule has 4 rings (SSSR count). The maximum Gasteiger partial charge on any atom is 0.422 e. The van der Waals surface area contributed by atoms with Gasteiger partial charge in [-0.05, 0) is 23.8 Å². The molecule has 1 spiro atoms. The number of piperidine rings is 1. The van der Waals surface area contributed by atoms with Gasteiger partial charge in [-0.25, -0.2) is 9.69 Å². The number of ether oxygens (including phenoxy) is 1. The van der Waals surface area contributed by atoms with Crippen LogP contribution < -0.4 is 4.90 Å². The molecule has 0 atom stereocenters. The highest BCUT2D eigenvalue weighted by molar-refractivity contribution is 6.31. The van der Waals surface area contributed by atoms with Crippen LogP contribution in [0.3, 0.4) is 0 Å². The zero-order valence-electron chi connectivity index (χ0n) is 14.2. The van der Waals surface area contributed by atoms with Gasteiger partial charge in [-0.3, -0.25) is 9.69 Å². The second kappa shape index (κ2) is 6.74. The maximum absolute atomic E-state index is 13.0. The van der Waals surface area contributed by atoms with Gasteiger partial charge >= 0.3 is 6.09 Å². The summed E-state index contributed by atoms with van der Waals surface area (Å²) >= 11 is 6.00. The van der Waals surface area contributed by atoms with Crippen LogP contribution in [0.2, 0.25) is 5.02 Å². The molecule has 134 valence electrons. The van der Waals surface area contributed by atoms with Gasteiger partial charge in [0.2, 0.25) is 0 Å². The summed E-state index contributed by atoms with van der Waals surface area (Å²) in [7, 11) is 0. The van der Waals surface area contributed by atoms with Crippen molar-refractivity contribution in [2.45, 2.75) is 25.0 Å². The summed E-state index contributed by atoms with van der Waals surface area (Å²) in [6.07, 6.45) is 0.386. The molecular formula is C20H19ClN2O3. The van der Waals surface area contributed by atoms with Crippen molar-refractivity contribution in [3.05, 3.63) is 65.2 Å². The third-order valence-electron chi connectivity index (χ3n) is 5.04. The molecular weight excluding hydrogens is 352 g/mol. The molecule has 0 unspecified atom stereocenters. The minimum absolute atomic E-state index is 0.288. The lowest BCUT2D eigenvalue weighted by molar-refractivity contribution is -0.134. The molecule has 2 heterocycles. The van der Waals surface area contributed by atoms with E-state index in [1.807, 2.05) is 18.2 Å². The molecule has 26 heavy (non-hydrogen) atoms. The van der Waals surface area contributed by atoms with Crippen LogP contribution in [0.5, 0.6) is 0 Å². The van der Waals surface area contributed by atoms with Crippen LogP contribution in [0.25, 0.3) is 0 Å². The molecule has 2 aromatic rings. The molecule has 0 saturated carbocycles. The van der Waals surface area contributed by atoms with Crippen molar-refractivity contribution >= 4 is 29.3 Å². The van der Waals surface area contributed by atoms with Crippen molar-refractivity contribution in [3.63, 3.8) is 0 Å². The fraction of sp³-hybridized carbons (Fsp3) is 0.300. The van der Waals surface area contributed by atoms with E-state index in [2.05, 4.69) is 17.0 Å².